The molecular weight excluding hydrogens is 618 g/mol. The number of amides is 2. The van der Waals surface area contributed by atoms with Gasteiger partial charge in [0.15, 0.2) is 6.10 Å². The number of carbonyl (C=O) groups is 3. The fourth-order valence-electron chi connectivity index (χ4n) is 7.85. The Labute approximate surface area is 295 Å². The van der Waals surface area contributed by atoms with Crippen LogP contribution < -0.4 is 5.32 Å². The van der Waals surface area contributed by atoms with Gasteiger partial charge in [-0.3, -0.25) is 14.5 Å². The highest BCUT2D eigenvalue weighted by atomic mass is 16.6. The van der Waals surface area contributed by atoms with Crippen molar-refractivity contribution in [3.05, 3.63) is 36.0 Å². The third kappa shape index (κ3) is 12.3. The van der Waals surface area contributed by atoms with E-state index in [2.05, 4.69) is 23.2 Å². The highest BCUT2D eigenvalue weighted by Gasteiger charge is 2.37. The molecule has 0 aromatic heterocycles. The molecule has 4 rings (SSSR count). The number of aliphatic hydroxyl groups is 1. The number of ether oxygens (including phenoxy) is 2. The summed E-state index contributed by atoms with van der Waals surface area (Å²) in [6, 6.07) is 0.617. The molecular formula is C40H65N3O6. The minimum absolute atomic E-state index is 0.00349. The van der Waals surface area contributed by atoms with Gasteiger partial charge in [0.1, 0.15) is 11.7 Å². The quantitative estimate of drug-likeness (QED) is 0.123. The largest absolute Gasteiger partial charge is 0.457 e. The van der Waals surface area contributed by atoms with Crippen molar-refractivity contribution in [2.45, 2.75) is 142 Å². The first-order valence-electron chi connectivity index (χ1n) is 19.4. The number of cyclic esters (lactones) is 1. The van der Waals surface area contributed by atoms with Crippen molar-refractivity contribution < 1.29 is 29.0 Å². The Balaban J connectivity index is 1.40. The van der Waals surface area contributed by atoms with Crippen LogP contribution in [-0.2, 0) is 19.1 Å². The van der Waals surface area contributed by atoms with E-state index in [1.165, 1.54) is 38.5 Å². The first-order valence-corrected chi connectivity index (χ1v) is 19.4. The number of carbonyl (C=O) groups excluding carboxylic acids is 3. The van der Waals surface area contributed by atoms with E-state index in [9.17, 15) is 19.5 Å². The molecule has 2 saturated carbocycles. The Morgan fingerprint density at radius 2 is 1.67 bits per heavy atom. The van der Waals surface area contributed by atoms with E-state index in [0.29, 0.717) is 38.5 Å². The van der Waals surface area contributed by atoms with Gasteiger partial charge in [0.05, 0.1) is 0 Å². The van der Waals surface area contributed by atoms with Gasteiger partial charge in [-0.15, -0.1) is 0 Å². The number of piperazine rings is 1. The average molecular weight is 684 g/mol. The Morgan fingerprint density at radius 3 is 2.35 bits per heavy atom. The number of esters is 1. The molecule has 2 aliphatic carbocycles. The molecule has 9 nitrogen and oxygen atoms in total. The lowest BCUT2D eigenvalue weighted by Crippen LogP contribution is -2.53. The number of nitrogens with one attached hydrogen (secondary N) is 1. The predicted molar refractivity (Wildman–Crippen MR) is 194 cm³/mol. The van der Waals surface area contributed by atoms with E-state index in [4.69, 9.17) is 9.47 Å². The molecule has 276 valence electrons. The van der Waals surface area contributed by atoms with E-state index in [0.717, 1.165) is 44.3 Å². The third-order valence-electron chi connectivity index (χ3n) is 11.3. The molecule has 0 aromatic carbocycles. The zero-order valence-corrected chi connectivity index (χ0v) is 31.0. The summed E-state index contributed by atoms with van der Waals surface area (Å²) in [5, 5.41) is 14.7. The van der Waals surface area contributed by atoms with Crippen LogP contribution in [0.25, 0.3) is 0 Å². The second-order valence-electron chi connectivity index (χ2n) is 15.8. The SMILES string of the molecule is C/C(=C\C=C\[C@@H](C)CNC(=O)C1CCCC1)[C@H]1OC(=O)C[C@H](C)CC[C@@](C)(O)[C@@H](OC(=O)N2CCN(C3CCCCCC3)CC2)/C=C/[C@@H]1C. The molecule has 1 saturated heterocycles. The summed E-state index contributed by atoms with van der Waals surface area (Å²) in [6.07, 6.45) is 21.2. The van der Waals surface area contributed by atoms with E-state index >= 15 is 0 Å². The van der Waals surface area contributed by atoms with Crippen LogP contribution >= 0.6 is 0 Å². The van der Waals surface area contributed by atoms with Gasteiger partial charge in [-0.2, -0.15) is 0 Å². The zero-order valence-electron chi connectivity index (χ0n) is 31.0. The number of rotatable bonds is 8. The predicted octanol–water partition coefficient (Wildman–Crippen LogP) is 6.95. The Kier molecular flexibility index (Phi) is 15.3. The number of nitrogens with zero attached hydrogens (tertiary/aromatic N) is 2. The normalized spacial score (nSPS) is 32.1. The topological polar surface area (TPSA) is 108 Å². The molecule has 2 aliphatic heterocycles. The molecule has 0 unspecified atom stereocenters. The second-order valence-corrected chi connectivity index (χ2v) is 15.8. The van der Waals surface area contributed by atoms with Gasteiger partial charge in [-0.25, -0.2) is 4.79 Å². The van der Waals surface area contributed by atoms with Crippen molar-refractivity contribution in [3.8, 4) is 0 Å². The monoisotopic (exact) mass is 683 g/mol. The van der Waals surface area contributed by atoms with E-state index < -0.39 is 17.8 Å². The third-order valence-corrected chi connectivity index (χ3v) is 11.3. The maximum Gasteiger partial charge on any atom is 0.410 e. The standard InChI is InChI=1S/C40H65N3O6/c1-29-21-22-40(5,47)35(48-39(46)43-25-23-42(24-26-43)34-17-8-6-7-9-18-34)20-19-32(4)37(49-36(44)27-29)31(3)14-12-13-30(2)28-41-38(45)33-15-10-11-16-33/h12-14,19-20,29-30,32-35,37,47H,6-11,15-18,21-28H2,1-5H3,(H,41,45)/b13-12+,20-19+,31-14+/t29-,30-,32+,35+,37-,40-/m1/s1. The van der Waals surface area contributed by atoms with Gasteiger partial charge in [0, 0.05) is 57.0 Å². The van der Waals surface area contributed by atoms with E-state index in [1.807, 2.05) is 39.0 Å². The van der Waals surface area contributed by atoms with Crippen LogP contribution in [-0.4, -0.2) is 89.5 Å². The van der Waals surface area contributed by atoms with Crippen molar-refractivity contribution in [1.82, 2.24) is 15.1 Å². The van der Waals surface area contributed by atoms with E-state index in [-0.39, 0.29) is 48.1 Å². The smallest absolute Gasteiger partial charge is 0.410 e. The van der Waals surface area contributed by atoms with Crippen molar-refractivity contribution in [1.29, 1.82) is 0 Å². The number of hydrogen-bond donors (Lipinski definition) is 2. The van der Waals surface area contributed by atoms with Crippen molar-refractivity contribution in [2.24, 2.45) is 23.7 Å². The summed E-state index contributed by atoms with van der Waals surface area (Å²) in [7, 11) is 0. The summed E-state index contributed by atoms with van der Waals surface area (Å²) < 4.78 is 12.1. The summed E-state index contributed by atoms with van der Waals surface area (Å²) in [4.78, 5) is 43.3. The molecule has 6 atom stereocenters. The highest BCUT2D eigenvalue weighted by molar-refractivity contribution is 5.78. The molecule has 2 N–H and O–H groups in total. The lowest BCUT2D eigenvalue weighted by atomic mass is 9.87. The molecule has 2 heterocycles. The maximum atomic E-state index is 13.5. The molecule has 0 bridgehead atoms. The number of allylic oxidation sites excluding steroid dienone is 2. The molecule has 0 radical (unpaired) electrons. The summed E-state index contributed by atoms with van der Waals surface area (Å²) >= 11 is 0. The number of hydrogen-bond acceptors (Lipinski definition) is 7. The average Bonchev–Trinajstić information content (AvgIpc) is 3.49. The molecule has 0 aromatic rings. The van der Waals surface area contributed by atoms with Crippen LogP contribution in [0.15, 0.2) is 36.0 Å². The molecule has 9 heteroatoms. The van der Waals surface area contributed by atoms with Crippen molar-refractivity contribution >= 4 is 18.0 Å². The van der Waals surface area contributed by atoms with Crippen molar-refractivity contribution in [3.63, 3.8) is 0 Å². The van der Waals surface area contributed by atoms with Crippen LogP contribution in [0.1, 0.15) is 118 Å². The first kappa shape index (κ1) is 39.1. The van der Waals surface area contributed by atoms with Gasteiger partial charge < -0.3 is 24.8 Å². The Morgan fingerprint density at radius 1 is 1.02 bits per heavy atom. The van der Waals surface area contributed by atoms with Crippen LogP contribution in [0.3, 0.4) is 0 Å². The van der Waals surface area contributed by atoms with Gasteiger partial charge in [-0.05, 0) is 75.9 Å². The molecule has 2 amide bonds. The first-order chi connectivity index (χ1) is 23.4. The molecule has 3 fully saturated rings. The minimum atomic E-state index is -1.29. The Hall–Kier alpha value is -2.65. The fourth-order valence-corrected chi connectivity index (χ4v) is 7.85. The maximum absolute atomic E-state index is 13.5. The van der Waals surface area contributed by atoms with Crippen LogP contribution in [0, 0.1) is 23.7 Å². The molecule has 49 heavy (non-hydrogen) atoms. The van der Waals surface area contributed by atoms with Gasteiger partial charge in [-0.1, -0.05) is 83.6 Å². The fraction of sp³-hybridized carbons (Fsp3) is 0.775. The van der Waals surface area contributed by atoms with Gasteiger partial charge >= 0.3 is 12.1 Å². The van der Waals surface area contributed by atoms with Crippen LogP contribution in [0.5, 0.6) is 0 Å². The zero-order chi connectivity index (χ0) is 35.4. The lowest BCUT2D eigenvalue weighted by molar-refractivity contribution is -0.150. The second kappa shape index (κ2) is 19.1. The molecule has 4 aliphatic rings. The highest BCUT2D eigenvalue weighted by Crippen LogP contribution is 2.30. The van der Waals surface area contributed by atoms with E-state index in [1.54, 1.807) is 17.9 Å². The summed E-state index contributed by atoms with van der Waals surface area (Å²) in [5.41, 5.74) is -0.404. The van der Waals surface area contributed by atoms with Crippen LogP contribution in [0.2, 0.25) is 0 Å². The van der Waals surface area contributed by atoms with Gasteiger partial charge in [0.2, 0.25) is 5.91 Å². The minimum Gasteiger partial charge on any atom is -0.457 e. The van der Waals surface area contributed by atoms with Crippen LogP contribution in [0.4, 0.5) is 4.79 Å². The summed E-state index contributed by atoms with van der Waals surface area (Å²) in [6.45, 7) is 13.3. The van der Waals surface area contributed by atoms with Gasteiger partial charge in [0.25, 0.3) is 0 Å². The Bertz CT molecular complexity index is 1160. The summed E-state index contributed by atoms with van der Waals surface area (Å²) in [5.74, 6) is -0.0186. The lowest BCUT2D eigenvalue weighted by Gasteiger charge is -2.40. The van der Waals surface area contributed by atoms with Crippen molar-refractivity contribution in [2.75, 3.05) is 32.7 Å². The molecule has 0 spiro atoms.